The topological polar surface area (TPSA) is 76.6 Å². The first kappa shape index (κ1) is 27.7. The van der Waals surface area contributed by atoms with E-state index in [-0.39, 0.29) is 17.4 Å². The molecule has 2 aromatic rings. The predicted octanol–water partition coefficient (Wildman–Crippen LogP) is 4.17. The molecule has 3 heterocycles. The van der Waals surface area contributed by atoms with Crippen LogP contribution in [0.2, 0.25) is 0 Å². The molecule has 2 saturated heterocycles. The third kappa shape index (κ3) is 6.75. The summed E-state index contributed by atoms with van der Waals surface area (Å²) in [5.41, 5.74) is 6.30. The molecule has 0 spiro atoms. The van der Waals surface area contributed by atoms with Crippen molar-refractivity contribution in [2.45, 2.75) is 90.3 Å². The molecular weight excluding hydrogens is 464 g/mol. The van der Waals surface area contributed by atoms with Crippen molar-refractivity contribution >= 4 is 5.91 Å². The van der Waals surface area contributed by atoms with Gasteiger partial charge in [0.05, 0.1) is 18.4 Å². The molecule has 1 N–H and O–H groups in total. The molecule has 2 atom stereocenters. The van der Waals surface area contributed by atoms with Gasteiger partial charge in [-0.25, -0.2) is 0 Å². The van der Waals surface area contributed by atoms with E-state index in [0.717, 1.165) is 68.6 Å². The van der Waals surface area contributed by atoms with E-state index in [2.05, 4.69) is 60.6 Å². The van der Waals surface area contributed by atoms with Gasteiger partial charge in [-0.1, -0.05) is 45.0 Å². The molecule has 4 rings (SSSR count). The van der Waals surface area contributed by atoms with Crippen LogP contribution in [0.5, 0.6) is 0 Å². The number of ether oxygens (including phenoxy) is 2. The Balaban J connectivity index is 1.36. The maximum atomic E-state index is 13.5. The van der Waals surface area contributed by atoms with Gasteiger partial charge in [0.2, 0.25) is 0 Å². The quantitative estimate of drug-likeness (QED) is 0.605. The monoisotopic (exact) mass is 508 g/mol. The minimum absolute atomic E-state index is 0.0000598. The van der Waals surface area contributed by atoms with Crippen LogP contribution in [-0.2, 0) is 27.7 Å². The van der Waals surface area contributed by atoms with E-state index < -0.39 is 0 Å². The third-order valence-electron chi connectivity index (χ3n) is 8.07. The maximum Gasteiger partial charge on any atom is 0.274 e. The van der Waals surface area contributed by atoms with Gasteiger partial charge in [0.25, 0.3) is 5.91 Å². The van der Waals surface area contributed by atoms with Crippen LogP contribution in [-0.4, -0.2) is 72.6 Å². The average molecular weight is 509 g/mol. The zero-order valence-electron chi connectivity index (χ0n) is 23.5. The summed E-state index contributed by atoms with van der Waals surface area (Å²) in [4.78, 5) is 15.4. The van der Waals surface area contributed by atoms with Crippen molar-refractivity contribution in [1.82, 2.24) is 20.4 Å². The summed E-state index contributed by atoms with van der Waals surface area (Å²) >= 11 is 0. The second-order valence-electron chi connectivity index (χ2n) is 11.7. The number of nitrogens with one attached hydrogen (secondary N) is 1. The molecule has 2 unspecified atom stereocenters. The van der Waals surface area contributed by atoms with Crippen LogP contribution in [0.4, 0.5) is 0 Å². The van der Waals surface area contributed by atoms with Gasteiger partial charge in [-0.2, -0.15) is 5.10 Å². The van der Waals surface area contributed by atoms with Gasteiger partial charge in [-0.3, -0.25) is 4.79 Å². The molecule has 0 aliphatic carbocycles. The molecule has 1 amide bonds. The Bertz CT molecular complexity index is 1060. The standard InChI is InChI=1S/C30H44N4O3/c1-20-25(12-9-22-7-10-23(11-8-22)30(3,4)5)21(2)32-33-28(20)29(35)34-16-13-24(14-17-34)31-26-15-18-37-19-27(26)36-6/h7-8,10-11,24,26-27,31H,9,12-19H2,1-6H3. The van der Waals surface area contributed by atoms with Gasteiger partial charge in [0.15, 0.2) is 5.69 Å². The van der Waals surface area contributed by atoms with E-state index in [4.69, 9.17) is 9.47 Å². The zero-order chi connectivity index (χ0) is 26.6. The van der Waals surface area contributed by atoms with Crippen molar-refractivity contribution in [3.8, 4) is 0 Å². The number of amides is 1. The maximum absolute atomic E-state index is 13.5. The number of carbonyl (C=O) groups is 1. The molecule has 37 heavy (non-hydrogen) atoms. The van der Waals surface area contributed by atoms with Crippen molar-refractivity contribution in [1.29, 1.82) is 0 Å². The van der Waals surface area contributed by atoms with E-state index in [1.807, 2.05) is 18.7 Å². The van der Waals surface area contributed by atoms with Crippen molar-refractivity contribution in [2.75, 3.05) is 33.4 Å². The van der Waals surface area contributed by atoms with E-state index in [1.54, 1.807) is 7.11 Å². The van der Waals surface area contributed by atoms with Crippen LogP contribution in [0.25, 0.3) is 0 Å². The first-order valence-electron chi connectivity index (χ1n) is 13.8. The molecule has 2 fully saturated rings. The van der Waals surface area contributed by atoms with Crippen molar-refractivity contribution in [2.24, 2.45) is 0 Å². The fraction of sp³-hybridized carbons (Fsp3) is 0.633. The molecule has 2 aliphatic rings. The SMILES string of the molecule is COC1COCCC1NC1CCN(C(=O)c2nnc(C)c(CCc3ccc(C(C)(C)C)cc3)c2C)CC1. The summed E-state index contributed by atoms with van der Waals surface area (Å²) in [6, 6.07) is 9.59. The number of nitrogens with zero attached hydrogens (tertiary/aromatic N) is 3. The summed E-state index contributed by atoms with van der Waals surface area (Å²) in [5.74, 6) is 0.0000598. The van der Waals surface area contributed by atoms with Gasteiger partial charge in [0, 0.05) is 38.9 Å². The lowest BCUT2D eigenvalue weighted by Gasteiger charge is -2.38. The van der Waals surface area contributed by atoms with Gasteiger partial charge in [0.1, 0.15) is 0 Å². The smallest absolute Gasteiger partial charge is 0.274 e. The summed E-state index contributed by atoms with van der Waals surface area (Å²) in [7, 11) is 1.75. The van der Waals surface area contributed by atoms with Crippen molar-refractivity contribution in [3.63, 3.8) is 0 Å². The minimum atomic E-state index is 0.0000598. The largest absolute Gasteiger partial charge is 0.379 e. The molecular formula is C30H44N4O3. The highest BCUT2D eigenvalue weighted by Gasteiger charge is 2.31. The third-order valence-corrected chi connectivity index (χ3v) is 8.07. The Labute approximate surface area is 222 Å². The highest BCUT2D eigenvalue weighted by atomic mass is 16.5. The Hall–Kier alpha value is -2.35. The average Bonchev–Trinajstić information content (AvgIpc) is 2.89. The summed E-state index contributed by atoms with van der Waals surface area (Å²) in [6.07, 6.45) is 4.66. The number of hydrogen-bond acceptors (Lipinski definition) is 6. The van der Waals surface area contributed by atoms with Gasteiger partial charge in [-0.05, 0) is 73.6 Å². The molecule has 7 nitrogen and oxygen atoms in total. The van der Waals surface area contributed by atoms with Gasteiger partial charge >= 0.3 is 0 Å². The lowest BCUT2D eigenvalue weighted by atomic mass is 9.86. The van der Waals surface area contributed by atoms with Crippen LogP contribution in [0.15, 0.2) is 24.3 Å². The van der Waals surface area contributed by atoms with Crippen LogP contribution >= 0.6 is 0 Å². The number of methoxy groups -OCH3 is 1. The van der Waals surface area contributed by atoms with Gasteiger partial charge in [-0.15, -0.1) is 5.10 Å². The number of likely N-dealkylation sites (tertiary alicyclic amines) is 1. The summed E-state index contributed by atoms with van der Waals surface area (Å²) in [5, 5.41) is 12.5. The normalized spacial score (nSPS) is 21.3. The van der Waals surface area contributed by atoms with Crippen molar-refractivity contribution in [3.05, 3.63) is 57.9 Å². The van der Waals surface area contributed by atoms with Crippen LogP contribution in [0, 0.1) is 13.8 Å². The lowest BCUT2D eigenvalue weighted by molar-refractivity contribution is -0.0533. The molecule has 7 heteroatoms. The van der Waals surface area contributed by atoms with Crippen LogP contribution in [0.1, 0.15) is 78.5 Å². The molecule has 202 valence electrons. The number of benzene rings is 1. The minimum Gasteiger partial charge on any atom is -0.379 e. The number of piperidine rings is 1. The Kier molecular flexibility index (Phi) is 8.98. The number of hydrogen-bond donors (Lipinski definition) is 1. The van der Waals surface area contributed by atoms with E-state index in [0.29, 0.717) is 24.4 Å². The summed E-state index contributed by atoms with van der Waals surface area (Å²) < 4.78 is 11.1. The number of aryl methyl sites for hydroxylation is 2. The predicted molar refractivity (Wildman–Crippen MR) is 146 cm³/mol. The fourth-order valence-electron chi connectivity index (χ4n) is 5.52. The molecule has 1 aromatic carbocycles. The second-order valence-corrected chi connectivity index (χ2v) is 11.7. The zero-order valence-corrected chi connectivity index (χ0v) is 23.5. The highest BCUT2D eigenvalue weighted by molar-refractivity contribution is 5.94. The Morgan fingerprint density at radius 1 is 1.08 bits per heavy atom. The Morgan fingerprint density at radius 2 is 1.78 bits per heavy atom. The van der Waals surface area contributed by atoms with Crippen molar-refractivity contribution < 1.29 is 14.3 Å². The van der Waals surface area contributed by atoms with Crippen LogP contribution < -0.4 is 5.32 Å². The second kappa shape index (κ2) is 12.0. The molecule has 0 bridgehead atoms. The number of aromatic nitrogens is 2. The van der Waals surface area contributed by atoms with Gasteiger partial charge < -0.3 is 19.7 Å². The number of carbonyl (C=O) groups excluding carboxylic acids is 1. The summed E-state index contributed by atoms with van der Waals surface area (Å²) in [6.45, 7) is 13.6. The molecule has 2 aliphatic heterocycles. The van der Waals surface area contributed by atoms with E-state index >= 15 is 0 Å². The fourth-order valence-corrected chi connectivity index (χ4v) is 5.52. The number of rotatable bonds is 7. The molecule has 1 aromatic heterocycles. The lowest BCUT2D eigenvalue weighted by Crippen LogP contribution is -2.54. The Morgan fingerprint density at radius 3 is 2.43 bits per heavy atom. The molecule has 0 saturated carbocycles. The first-order chi connectivity index (χ1) is 17.7. The van der Waals surface area contributed by atoms with Crippen LogP contribution in [0.3, 0.4) is 0 Å². The van der Waals surface area contributed by atoms with E-state index in [9.17, 15) is 4.79 Å². The van der Waals surface area contributed by atoms with E-state index in [1.165, 1.54) is 11.1 Å². The molecule has 0 radical (unpaired) electrons. The highest BCUT2D eigenvalue weighted by Crippen LogP contribution is 2.24. The first-order valence-corrected chi connectivity index (χ1v) is 13.8.